The molecule has 2 N–H and O–H groups in total. The Labute approximate surface area is 125 Å². The first kappa shape index (κ1) is 13.5. The van der Waals surface area contributed by atoms with Crippen LogP contribution in [0.1, 0.15) is 19.3 Å². The van der Waals surface area contributed by atoms with Crippen molar-refractivity contribution in [3.63, 3.8) is 0 Å². The Morgan fingerprint density at radius 1 is 1.40 bits per heavy atom. The van der Waals surface area contributed by atoms with E-state index in [0.29, 0.717) is 18.1 Å². The van der Waals surface area contributed by atoms with Gasteiger partial charge in [-0.05, 0) is 47.9 Å². The molecule has 1 aromatic heterocycles. The number of benzene rings is 1. The summed E-state index contributed by atoms with van der Waals surface area (Å²) in [6.07, 6.45) is 3.28. The molecule has 1 aromatic carbocycles. The van der Waals surface area contributed by atoms with Crippen molar-refractivity contribution in [2.24, 2.45) is 0 Å². The van der Waals surface area contributed by atoms with Crippen LogP contribution in [0.15, 0.2) is 22.7 Å². The molecule has 1 aliphatic rings. The highest BCUT2D eigenvalue weighted by molar-refractivity contribution is 9.10. The number of nitrogens with two attached hydrogens (primary N) is 1. The molecule has 1 aliphatic carbocycles. The highest BCUT2D eigenvalue weighted by Crippen LogP contribution is 2.37. The third-order valence-corrected chi connectivity index (χ3v) is 4.30. The number of rotatable bonds is 4. The van der Waals surface area contributed by atoms with Crippen molar-refractivity contribution in [2.45, 2.75) is 31.4 Å². The molecule has 20 heavy (non-hydrogen) atoms. The van der Waals surface area contributed by atoms with Crippen molar-refractivity contribution in [2.75, 3.05) is 12.8 Å². The van der Waals surface area contributed by atoms with Gasteiger partial charge in [-0.15, -0.1) is 5.10 Å². The lowest BCUT2D eigenvalue weighted by molar-refractivity contribution is -0.0855. The molecule has 106 valence electrons. The van der Waals surface area contributed by atoms with Gasteiger partial charge in [0.1, 0.15) is 0 Å². The van der Waals surface area contributed by atoms with E-state index < -0.39 is 0 Å². The molecule has 0 radical (unpaired) electrons. The number of tetrazole rings is 1. The minimum absolute atomic E-state index is 0.123. The number of nitrogens with zero attached hydrogens (tertiary/aromatic N) is 4. The maximum Gasteiger partial charge on any atom is 0.182 e. The van der Waals surface area contributed by atoms with Crippen molar-refractivity contribution >= 4 is 21.6 Å². The molecule has 0 bridgehead atoms. The van der Waals surface area contributed by atoms with E-state index in [1.807, 2.05) is 18.2 Å². The SMILES string of the molecule is COC1(Cn2nnnc2-c2cc(N)cc(Br)c2)CCC1. The molecule has 1 saturated carbocycles. The molecule has 7 heteroatoms. The summed E-state index contributed by atoms with van der Waals surface area (Å²) in [4.78, 5) is 0. The van der Waals surface area contributed by atoms with E-state index in [-0.39, 0.29) is 5.60 Å². The number of hydrogen-bond acceptors (Lipinski definition) is 5. The van der Waals surface area contributed by atoms with Crippen LogP contribution in [0.5, 0.6) is 0 Å². The minimum Gasteiger partial charge on any atom is -0.399 e. The first-order valence-corrected chi connectivity index (χ1v) is 7.29. The van der Waals surface area contributed by atoms with E-state index in [9.17, 15) is 0 Å². The molecule has 0 spiro atoms. The van der Waals surface area contributed by atoms with Crippen LogP contribution < -0.4 is 5.73 Å². The monoisotopic (exact) mass is 337 g/mol. The maximum absolute atomic E-state index is 5.87. The molecule has 0 atom stereocenters. The van der Waals surface area contributed by atoms with Crippen LogP contribution in [0.3, 0.4) is 0 Å². The summed E-state index contributed by atoms with van der Waals surface area (Å²) < 4.78 is 8.34. The molecule has 6 nitrogen and oxygen atoms in total. The summed E-state index contributed by atoms with van der Waals surface area (Å²) in [5.74, 6) is 0.710. The lowest BCUT2D eigenvalue weighted by Crippen LogP contribution is -2.43. The van der Waals surface area contributed by atoms with Crippen LogP contribution in [-0.4, -0.2) is 32.9 Å². The molecular formula is C13H16BrN5O. The predicted molar refractivity (Wildman–Crippen MR) is 79.0 cm³/mol. The van der Waals surface area contributed by atoms with Gasteiger partial charge in [-0.1, -0.05) is 15.9 Å². The van der Waals surface area contributed by atoms with Crippen molar-refractivity contribution in [3.8, 4) is 11.4 Å². The normalized spacial score (nSPS) is 16.9. The zero-order valence-electron chi connectivity index (χ0n) is 11.2. The summed E-state index contributed by atoms with van der Waals surface area (Å²) in [5.41, 5.74) is 7.32. The van der Waals surface area contributed by atoms with Gasteiger partial charge in [0.25, 0.3) is 0 Å². The molecule has 3 rings (SSSR count). The second-order valence-corrected chi connectivity index (χ2v) is 6.09. The Bertz CT molecular complexity index is 597. The van der Waals surface area contributed by atoms with Gasteiger partial charge in [-0.3, -0.25) is 0 Å². The van der Waals surface area contributed by atoms with Crippen molar-refractivity contribution in [1.29, 1.82) is 0 Å². The van der Waals surface area contributed by atoms with Gasteiger partial charge in [0.2, 0.25) is 0 Å². The predicted octanol–water partition coefficient (Wildman–Crippen LogP) is 2.25. The molecule has 1 heterocycles. The van der Waals surface area contributed by atoms with Gasteiger partial charge in [0, 0.05) is 22.8 Å². The van der Waals surface area contributed by atoms with Crippen LogP contribution in [-0.2, 0) is 11.3 Å². The quantitative estimate of drug-likeness (QED) is 0.865. The number of anilines is 1. The summed E-state index contributed by atoms with van der Waals surface area (Å²) >= 11 is 3.44. The fourth-order valence-corrected chi connectivity index (χ4v) is 3.04. The van der Waals surface area contributed by atoms with Crippen LogP contribution in [0.4, 0.5) is 5.69 Å². The zero-order valence-corrected chi connectivity index (χ0v) is 12.8. The van der Waals surface area contributed by atoms with Crippen LogP contribution in [0.2, 0.25) is 0 Å². The summed E-state index contributed by atoms with van der Waals surface area (Å²) in [7, 11) is 1.75. The topological polar surface area (TPSA) is 78.8 Å². The lowest BCUT2D eigenvalue weighted by atomic mass is 9.80. The number of nitrogen functional groups attached to an aromatic ring is 1. The average molecular weight is 338 g/mol. The molecular weight excluding hydrogens is 322 g/mol. The maximum atomic E-state index is 5.87. The Balaban J connectivity index is 1.93. The highest BCUT2D eigenvalue weighted by atomic mass is 79.9. The van der Waals surface area contributed by atoms with E-state index in [0.717, 1.165) is 22.9 Å². The van der Waals surface area contributed by atoms with Gasteiger partial charge in [-0.25, -0.2) is 4.68 Å². The second-order valence-electron chi connectivity index (χ2n) is 5.17. The van der Waals surface area contributed by atoms with Crippen molar-refractivity contribution in [3.05, 3.63) is 22.7 Å². The molecule has 2 aromatic rings. The Hall–Kier alpha value is -1.47. The highest BCUT2D eigenvalue weighted by Gasteiger charge is 2.38. The largest absolute Gasteiger partial charge is 0.399 e. The standard InChI is InChI=1S/C13H16BrN5O/c1-20-13(3-2-4-13)8-19-12(16-17-18-19)9-5-10(14)7-11(15)6-9/h5-7H,2-4,8,15H2,1H3. The average Bonchev–Trinajstić information content (AvgIpc) is 2.80. The Morgan fingerprint density at radius 3 is 2.80 bits per heavy atom. The number of methoxy groups -OCH3 is 1. The van der Waals surface area contributed by atoms with Crippen LogP contribution >= 0.6 is 15.9 Å². The van der Waals surface area contributed by atoms with Gasteiger partial charge < -0.3 is 10.5 Å². The molecule has 0 saturated heterocycles. The molecule has 0 aliphatic heterocycles. The van der Waals surface area contributed by atoms with Gasteiger partial charge in [0.15, 0.2) is 5.82 Å². The van der Waals surface area contributed by atoms with E-state index in [2.05, 4.69) is 31.5 Å². The summed E-state index contributed by atoms with van der Waals surface area (Å²) in [6, 6.07) is 5.67. The van der Waals surface area contributed by atoms with Gasteiger partial charge >= 0.3 is 0 Å². The Kier molecular flexibility index (Phi) is 3.47. The third-order valence-electron chi connectivity index (χ3n) is 3.85. The van der Waals surface area contributed by atoms with E-state index in [4.69, 9.17) is 10.5 Å². The van der Waals surface area contributed by atoms with Crippen molar-refractivity contribution in [1.82, 2.24) is 20.2 Å². The molecule has 0 unspecified atom stereocenters. The third kappa shape index (κ3) is 2.43. The first-order valence-electron chi connectivity index (χ1n) is 6.50. The fourth-order valence-electron chi connectivity index (χ4n) is 2.53. The van der Waals surface area contributed by atoms with Crippen LogP contribution in [0.25, 0.3) is 11.4 Å². The molecule has 0 amide bonds. The first-order chi connectivity index (χ1) is 9.62. The fraction of sp³-hybridized carbons (Fsp3) is 0.462. The Morgan fingerprint density at radius 2 is 2.20 bits per heavy atom. The van der Waals surface area contributed by atoms with E-state index >= 15 is 0 Å². The van der Waals surface area contributed by atoms with Crippen LogP contribution in [0, 0.1) is 0 Å². The number of hydrogen-bond donors (Lipinski definition) is 1. The minimum atomic E-state index is -0.123. The summed E-state index contributed by atoms with van der Waals surface area (Å²) in [5, 5.41) is 12.0. The zero-order chi connectivity index (χ0) is 14.2. The molecule has 1 fully saturated rings. The number of aromatic nitrogens is 4. The summed E-state index contributed by atoms with van der Waals surface area (Å²) in [6.45, 7) is 0.665. The van der Waals surface area contributed by atoms with E-state index in [1.54, 1.807) is 11.8 Å². The van der Waals surface area contributed by atoms with Gasteiger partial charge in [0.05, 0.1) is 12.1 Å². The van der Waals surface area contributed by atoms with E-state index in [1.165, 1.54) is 6.42 Å². The lowest BCUT2D eigenvalue weighted by Gasteiger charge is -2.40. The second kappa shape index (κ2) is 5.14. The smallest absolute Gasteiger partial charge is 0.182 e. The number of halogens is 1. The number of ether oxygens (including phenoxy) is 1. The van der Waals surface area contributed by atoms with Crippen molar-refractivity contribution < 1.29 is 4.74 Å². The van der Waals surface area contributed by atoms with Gasteiger partial charge in [-0.2, -0.15) is 0 Å².